The standard InChI is InChI=1S/C27H33FN2O7/c1-16(2)30-27(33)29-13-20-12-21-23(35-20)25(34-15-17-6-4-3-5-7-17)24(22(14-31)36-21)37-26(32)18-8-10-19(28)11-9-18/h3-11,16,20-25,31H,12-15H2,1-2H3,(H2,29,30,33)/t20?,21-,22-,23+,24-,25-/m1/s1. The van der Waals surface area contributed by atoms with Gasteiger partial charge < -0.3 is 34.7 Å². The molecule has 2 heterocycles. The van der Waals surface area contributed by atoms with Gasteiger partial charge in [-0.05, 0) is 43.7 Å². The molecule has 1 unspecified atom stereocenters. The first-order valence-electron chi connectivity index (χ1n) is 12.4. The Kier molecular flexibility index (Phi) is 9.09. The number of urea groups is 1. The number of esters is 1. The Labute approximate surface area is 215 Å². The Hall–Kier alpha value is -3.05. The van der Waals surface area contributed by atoms with Gasteiger partial charge in [0, 0.05) is 19.0 Å². The van der Waals surface area contributed by atoms with Crippen LogP contribution in [-0.4, -0.2) is 72.9 Å². The fourth-order valence-corrected chi connectivity index (χ4v) is 4.56. The van der Waals surface area contributed by atoms with Gasteiger partial charge in [0.05, 0.1) is 31.0 Å². The molecule has 200 valence electrons. The van der Waals surface area contributed by atoms with Crippen LogP contribution in [0.4, 0.5) is 9.18 Å². The summed E-state index contributed by atoms with van der Waals surface area (Å²) in [5.41, 5.74) is 1.07. The summed E-state index contributed by atoms with van der Waals surface area (Å²) in [4.78, 5) is 24.9. The third-order valence-electron chi connectivity index (χ3n) is 6.27. The number of nitrogens with one attached hydrogen (secondary N) is 2. The van der Waals surface area contributed by atoms with Gasteiger partial charge in [0.15, 0.2) is 6.10 Å². The molecule has 2 fully saturated rings. The maximum absolute atomic E-state index is 13.3. The number of amides is 2. The maximum Gasteiger partial charge on any atom is 0.338 e. The number of fused-ring (bicyclic) bond motifs is 1. The van der Waals surface area contributed by atoms with Crippen molar-refractivity contribution in [3.05, 3.63) is 71.5 Å². The SMILES string of the molecule is CC(C)NC(=O)NCC1C[C@H]2O[C@H](CO)[C@@H](OC(=O)c3ccc(F)cc3)[C@H](OCc3ccccc3)[C@H]2O1. The Morgan fingerprint density at radius 1 is 1.08 bits per heavy atom. The second-order valence-corrected chi connectivity index (χ2v) is 9.50. The van der Waals surface area contributed by atoms with Crippen LogP contribution in [0.15, 0.2) is 54.6 Å². The molecule has 2 aromatic carbocycles. The van der Waals surface area contributed by atoms with E-state index >= 15 is 0 Å². The van der Waals surface area contributed by atoms with E-state index in [2.05, 4.69) is 10.6 Å². The van der Waals surface area contributed by atoms with Crippen molar-refractivity contribution < 1.29 is 38.0 Å². The second kappa shape index (κ2) is 12.5. The maximum atomic E-state index is 13.3. The van der Waals surface area contributed by atoms with Crippen LogP contribution in [0.2, 0.25) is 0 Å². The normalized spacial score (nSPS) is 26.9. The molecule has 0 bridgehead atoms. The molecule has 4 rings (SSSR count). The Morgan fingerprint density at radius 3 is 2.49 bits per heavy atom. The van der Waals surface area contributed by atoms with Crippen molar-refractivity contribution in [2.45, 2.75) is 69.5 Å². The highest BCUT2D eigenvalue weighted by Gasteiger charge is 2.53. The summed E-state index contributed by atoms with van der Waals surface area (Å²) >= 11 is 0. The minimum Gasteiger partial charge on any atom is -0.453 e. The molecule has 2 aliphatic rings. The zero-order valence-electron chi connectivity index (χ0n) is 20.8. The fourth-order valence-electron chi connectivity index (χ4n) is 4.56. The molecule has 0 spiro atoms. The van der Waals surface area contributed by atoms with Crippen molar-refractivity contribution in [2.24, 2.45) is 0 Å². The molecule has 3 N–H and O–H groups in total. The monoisotopic (exact) mass is 516 g/mol. The van der Waals surface area contributed by atoms with E-state index in [1.165, 1.54) is 24.3 Å². The zero-order valence-corrected chi connectivity index (χ0v) is 20.8. The smallest absolute Gasteiger partial charge is 0.338 e. The van der Waals surface area contributed by atoms with Crippen molar-refractivity contribution in [1.82, 2.24) is 10.6 Å². The largest absolute Gasteiger partial charge is 0.453 e. The van der Waals surface area contributed by atoms with Gasteiger partial charge in [-0.1, -0.05) is 30.3 Å². The van der Waals surface area contributed by atoms with Gasteiger partial charge >= 0.3 is 12.0 Å². The van der Waals surface area contributed by atoms with E-state index in [1.807, 2.05) is 44.2 Å². The van der Waals surface area contributed by atoms with Crippen LogP contribution < -0.4 is 10.6 Å². The first kappa shape index (κ1) is 27.0. The Morgan fingerprint density at radius 2 is 1.81 bits per heavy atom. The van der Waals surface area contributed by atoms with Gasteiger partial charge in [-0.15, -0.1) is 0 Å². The van der Waals surface area contributed by atoms with E-state index in [9.17, 15) is 19.1 Å². The van der Waals surface area contributed by atoms with Crippen LogP contribution in [0.25, 0.3) is 0 Å². The average Bonchev–Trinajstić information content (AvgIpc) is 3.29. The Bertz CT molecular complexity index is 1040. The van der Waals surface area contributed by atoms with Crippen molar-refractivity contribution in [2.75, 3.05) is 13.2 Å². The minimum absolute atomic E-state index is 0.00644. The summed E-state index contributed by atoms with van der Waals surface area (Å²) in [6, 6.07) is 14.2. The number of carbonyl (C=O) groups is 2. The highest BCUT2D eigenvalue weighted by Crippen LogP contribution is 2.36. The van der Waals surface area contributed by atoms with Crippen LogP contribution in [0.3, 0.4) is 0 Å². The molecule has 10 heteroatoms. The number of ether oxygens (including phenoxy) is 4. The van der Waals surface area contributed by atoms with Crippen LogP contribution in [0.5, 0.6) is 0 Å². The van der Waals surface area contributed by atoms with E-state index in [0.717, 1.165) is 5.56 Å². The lowest BCUT2D eigenvalue weighted by Gasteiger charge is -2.42. The van der Waals surface area contributed by atoms with E-state index in [-0.39, 0.29) is 36.9 Å². The van der Waals surface area contributed by atoms with E-state index in [4.69, 9.17) is 18.9 Å². The summed E-state index contributed by atoms with van der Waals surface area (Å²) in [6.45, 7) is 3.80. The molecule has 2 aliphatic heterocycles. The molecular weight excluding hydrogens is 483 g/mol. The van der Waals surface area contributed by atoms with Gasteiger partial charge in [-0.2, -0.15) is 0 Å². The number of carbonyl (C=O) groups excluding carboxylic acids is 2. The van der Waals surface area contributed by atoms with Gasteiger partial charge in [0.25, 0.3) is 0 Å². The molecule has 37 heavy (non-hydrogen) atoms. The first-order chi connectivity index (χ1) is 17.8. The lowest BCUT2D eigenvalue weighted by atomic mass is 9.94. The molecule has 0 aliphatic carbocycles. The van der Waals surface area contributed by atoms with Gasteiger partial charge in [-0.3, -0.25) is 0 Å². The van der Waals surface area contributed by atoms with E-state index < -0.39 is 48.9 Å². The van der Waals surface area contributed by atoms with Crippen LogP contribution in [0, 0.1) is 5.82 Å². The molecule has 0 saturated carbocycles. The highest BCUT2D eigenvalue weighted by atomic mass is 19.1. The summed E-state index contributed by atoms with van der Waals surface area (Å²) in [5.74, 6) is -1.17. The molecule has 0 aromatic heterocycles. The van der Waals surface area contributed by atoms with Crippen LogP contribution in [-0.2, 0) is 25.6 Å². The van der Waals surface area contributed by atoms with Crippen molar-refractivity contribution in [1.29, 1.82) is 0 Å². The lowest BCUT2D eigenvalue weighted by Crippen LogP contribution is -2.59. The Balaban J connectivity index is 1.51. The lowest BCUT2D eigenvalue weighted by molar-refractivity contribution is -0.233. The zero-order chi connectivity index (χ0) is 26.4. The predicted molar refractivity (Wildman–Crippen MR) is 131 cm³/mol. The number of hydrogen-bond acceptors (Lipinski definition) is 7. The minimum atomic E-state index is -0.983. The summed E-state index contributed by atoms with van der Waals surface area (Å²) in [5, 5.41) is 15.7. The number of hydrogen-bond donors (Lipinski definition) is 3. The fraction of sp³-hybridized carbons (Fsp3) is 0.481. The number of halogens is 1. The summed E-state index contributed by atoms with van der Waals surface area (Å²) in [7, 11) is 0. The van der Waals surface area contributed by atoms with Gasteiger partial charge in [0.1, 0.15) is 24.1 Å². The number of aliphatic hydroxyl groups is 1. The third kappa shape index (κ3) is 7.04. The van der Waals surface area contributed by atoms with Crippen molar-refractivity contribution in [3.63, 3.8) is 0 Å². The molecule has 2 aromatic rings. The van der Waals surface area contributed by atoms with Gasteiger partial charge in [-0.25, -0.2) is 14.0 Å². The average molecular weight is 517 g/mol. The first-order valence-corrected chi connectivity index (χ1v) is 12.4. The highest BCUT2D eigenvalue weighted by molar-refractivity contribution is 5.89. The molecule has 6 atom stereocenters. The topological polar surface area (TPSA) is 115 Å². The quantitative estimate of drug-likeness (QED) is 0.439. The second-order valence-electron chi connectivity index (χ2n) is 9.50. The number of benzene rings is 2. The van der Waals surface area contributed by atoms with Crippen LogP contribution >= 0.6 is 0 Å². The van der Waals surface area contributed by atoms with Crippen LogP contribution in [0.1, 0.15) is 36.2 Å². The predicted octanol–water partition coefficient (Wildman–Crippen LogP) is 2.56. The van der Waals surface area contributed by atoms with E-state index in [1.54, 1.807) is 0 Å². The van der Waals surface area contributed by atoms with Crippen molar-refractivity contribution in [3.8, 4) is 0 Å². The van der Waals surface area contributed by atoms with Crippen molar-refractivity contribution >= 4 is 12.0 Å². The van der Waals surface area contributed by atoms with E-state index in [0.29, 0.717) is 6.42 Å². The van der Waals surface area contributed by atoms with Gasteiger partial charge in [0.2, 0.25) is 0 Å². The summed E-state index contributed by atoms with van der Waals surface area (Å²) in [6.07, 6.45) is -3.52. The molecule has 0 radical (unpaired) electrons. The molecule has 2 amide bonds. The molecule has 2 saturated heterocycles. The number of aliphatic hydroxyl groups excluding tert-OH is 1. The number of rotatable bonds is 9. The molecule has 9 nitrogen and oxygen atoms in total. The summed E-state index contributed by atoms with van der Waals surface area (Å²) < 4.78 is 37.7. The third-order valence-corrected chi connectivity index (χ3v) is 6.27. The molecular formula is C27H33FN2O7.